The lowest BCUT2D eigenvalue weighted by atomic mass is 10.0. The van der Waals surface area contributed by atoms with E-state index in [0.717, 1.165) is 17.0 Å². The third kappa shape index (κ3) is 3.67. The average Bonchev–Trinajstić information content (AvgIpc) is 2.46. The molecule has 1 aliphatic rings. The van der Waals surface area contributed by atoms with Gasteiger partial charge in [-0.1, -0.05) is 6.08 Å². The lowest BCUT2D eigenvalue weighted by Gasteiger charge is -2.27. The summed E-state index contributed by atoms with van der Waals surface area (Å²) < 4.78 is 51.6. The minimum absolute atomic E-state index is 0.00619. The van der Waals surface area contributed by atoms with Gasteiger partial charge in [0, 0.05) is 6.54 Å². The number of amides is 2. The highest BCUT2D eigenvalue weighted by molar-refractivity contribution is 7.80. The van der Waals surface area contributed by atoms with Gasteiger partial charge in [-0.05, 0) is 42.1 Å². The molecule has 1 N–H and O–H groups in total. The van der Waals surface area contributed by atoms with E-state index in [1.54, 1.807) is 0 Å². The zero-order valence-electron chi connectivity index (χ0n) is 12.0. The fourth-order valence-electron chi connectivity index (χ4n) is 2.01. The van der Waals surface area contributed by atoms with Gasteiger partial charge in [0.05, 0.1) is 5.56 Å². The van der Waals surface area contributed by atoms with Gasteiger partial charge >= 0.3 is 6.18 Å². The van der Waals surface area contributed by atoms with E-state index in [1.807, 2.05) is 0 Å². The van der Waals surface area contributed by atoms with Crippen molar-refractivity contribution < 1.29 is 27.2 Å². The van der Waals surface area contributed by atoms with Gasteiger partial charge in [0.2, 0.25) is 0 Å². The van der Waals surface area contributed by atoms with E-state index < -0.39 is 34.9 Å². The van der Waals surface area contributed by atoms with Crippen LogP contribution in [0.2, 0.25) is 0 Å². The van der Waals surface area contributed by atoms with Gasteiger partial charge in [-0.15, -0.1) is 6.58 Å². The van der Waals surface area contributed by atoms with E-state index in [1.165, 1.54) is 6.08 Å². The smallest absolute Gasteiger partial charge is 0.298 e. The molecule has 24 heavy (non-hydrogen) atoms. The summed E-state index contributed by atoms with van der Waals surface area (Å²) in [6.45, 7) is 3.45. The molecule has 0 aliphatic carbocycles. The molecule has 1 aromatic carbocycles. The number of nitrogens with zero attached hydrogens (tertiary/aromatic N) is 1. The first-order chi connectivity index (χ1) is 11.1. The highest BCUT2D eigenvalue weighted by Crippen LogP contribution is 2.31. The number of benzene rings is 1. The molecule has 0 aromatic heterocycles. The lowest BCUT2D eigenvalue weighted by Crippen LogP contribution is -2.53. The second-order valence-electron chi connectivity index (χ2n) is 4.79. The monoisotopic (exact) mass is 358 g/mol. The maximum atomic E-state index is 13.4. The normalized spacial score (nSPS) is 17.2. The fraction of sp³-hybridized carbons (Fsp3) is 0.133. The Morgan fingerprint density at radius 2 is 1.92 bits per heavy atom. The van der Waals surface area contributed by atoms with Gasteiger partial charge in [0.1, 0.15) is 11.4 Å². The standard InChI is InChI=1S/C15H10F4N2O2S/c1-2-3-21-13(23)11(12(22)20-14(21)24)6-8-4-9(15(17,18)19)7-10(16)5-8/h2,4-7H,1,3H2,(H,20,22,24). The molecule has 126 valence electrons. The summed E-state index contributed by atoms with van der Waals surface area (Å²) in [5.41, 5.74) is -1.95. The van der Waals surface area contributed by atoms with E-state index >= 15 is 0 Å². The highest BCUT2D eigenvalue weighted by atomic mass is 32.1. The van der Waals surface area contributed by atoms with E-state index in [4.69, 9.17) is 12.2 Å². The van der Waals surface area contributed by atoms with Gasteiger partial charge in [-0.3, -0.25) is 19.8 Å². The van der Waals surface area contributed by atoms with Crippen LogP contribution in [0, 0.1) is 5.82 Å². The topological polar surface area (TPSA) is 49.4 Å². The Hall–Kier alpha value is -2.55. The largest absolute Gasteiger partial charge is 0.416 e. The van der Waals surface area contributed by atoms with Crippen molar-refractivity contribution in [2.24, 2.45) is 0 Å². The Kier molecular flexibility index (Phi) is 4.83. The van der Waals surface area contributed by atoms with Crippen molar-refractivity contribution >= 4 is 35.2 Å². The van der Waals surface area contributed by atoms with Gasteiger partial charge in [-0.25, -0.2) is 4.39 Å². The number of carbonyl (C=O) groups excluding carboxylic acids is 2. The van der Waals surface area contributed by atoms with E-state index in [9.17, 15) is 27.2 Å². The van der Waals surface area contributed by atoms with Crippen molar-refractivity contribution in [1.29, 1.82) is 0 Å². The summed E-state index contributed by atoms with van der Waals surface area (Å²) >= 11 is 4.84. The molecular weight excluding hydrogens is 348 g/mol. The third-order valence-corrected chi connectivity index (χ3v) is 3.38. The van der Waals surface area contributed by atoms with Crippen LogP contribution in [-0.4, -0.2) is 28.4 Å². The summed E-state index contributed by atoms with van der Waals surface area (Å²) in [5, 5.41) is 2.10. The first kappa shape index (κ1) is 17.8. The Morgan fingerprint density at radius 1 is 1.25 bits per heavy atom. The zero-order valence-corrected chi connectivity index (χ0v) is 12.8. The van der Waals surface area contributed by atoms with Crippen molar-refractivity contribution in [3.05, 3.63) is 53.4 Å². The molecule has 1 fully saturated rings. The van der Waals surface area contributed by atoms with Crippen molar-refractivity contribution in [3.63, 3.8) is 0 Å². The Labute approximate surface area is 139 Å². The molecule has 2 rings (SSSR count). The van der Waals surface area contributed by atoms with Crippen LogP contribution in [0.5, 0.6) is 0 Å². The summed E-state index contributed by atoms with van der Waals surface area (Å²) in [6, 6.07) is 1.75. The average molecular weight is 358 g/mol. The van der Waals surface area contributed by atoms with Crippen LogP contribution >= 0.6 is 12.2 Å². The van der Waals surface area contributed by atoms with Crippen LogP contribution in [0.4, 0.5) is 17.6 Å². The van der Waals surface area contributed by atoms with Crippen molar-refractivity contribution in [1.82, 2.24) is 10.2 Å². The first-order valence-corrected chi connectivity index (χ1v) is 6.92. The molecule has 0 saturated carbocycles. The molecule has 4 nitrogen and oxygen atoms in total. The van der Waals surface area contributed by atoms with Crippen LogP contribution in [0.15, 0.2) is 36.4 Å². The van der Waals surface area contributed by atoms with E-state index in [0.29, 0.717) is 12.1 Å². The second-order valence-corrected chi connectivity index (χ2v) is 5.18. The molecule has 0 atom stereocenters. The molecule has 9 heteroatoms. The van der Waals surface area contributed by atoms with Crippen LogP contribution in [-0.2, 0) is 15.8 Å². The third-order valence-electron chi connectivity index (χ3n) is 3.06. The van der Waals surface area contributed by atoms with Crippen LogP contribution in [0.1, 0.15) is 11.1 Å². The molecule has 1 saturated heterocycles. The molecule has 1 heterocycles. The Morgan fingerprint density at radius 3 is 2.50 bits per heavy atom. The highest BCUT2D eigenvalue weighted by Gasteiger charge is 2.34. The van der Waals surface area contributed by atoms with Crippen LogP contribution in [0.25, 0.3) is 6.08 Å². The predicted molar refractivity (Wildman–Crippen MR) is 82.0 cm³/mol. The Balaban J connectivity index is 2.48. The van der Waals surface area contributed by atoms with E-state index in [2.05, 4.69) is 11.9 Å². The number of carbonyl (C=O) groups is 2. The number of nitrogens with one attached hydrogen (secondary N) is 1. The molecule has 2 amide bonds. The quantitative estimate of drug-likeness (QED) is 0.297. The van der Waals surface area contributed by atoms with Gasteiger partial charge in [0.15, 0.2) is 5.11 Å². The minimum atomic E-state index is -4.76. The number of rotatable bonds is 3. The number of hydrogen-bond acceptors (Lipinski definition) is 3. The fourth-order valence-corrected chi connectivity index (χ4v) is 2.27. The van der Waals surface area contributed by atoms with Crippen LogP contribution < -0.4 is 5.32 Å². The lowest BCUT2D eigenvalue weighted by molar-refractivity contribution is -0.137. The zero-order chi connectivity index (χ0) is 18.1. The molecule has 0 unspecified atom stereocenters. The van der Waals surface area contributed by atoms with E-state index in [-0.39, 0.29) is 17.2 Å². The van der Waals surface area contributed by atoms with Crippen molar-refractivity contribution in [2.45, 2.75) is 6.18 Å². The van der Waals surface area contributed by atoms with Gasteiger partial charge in [0.25, 0.3) is 11.8 Å². The van der Waals surface area contributed by atoms with Crippen LogP contribution in [0.3, 0.4) is 0 Å². The predicted octanol–water partition coefficient (Wildman–Crippen LogP) is 2.66. The molecule has 1 aliphatic heterocycles. The SMILES string of the molecule is C=CCN1C(=O)C(=Cc2cc(F)cc(C(F)(F)F)c2)C(=O)NC1=S. The molecule has 1 aromatic rings. The van der Waals surface area contributed by atoms with Crippen molar-refractivity contribution in [2.75, 3.05) is 6.54 Å². The number of hydrogen-bond donors (Lipinski definition) is 1. The summed E-state index contributed by atoms with van der Waals surface area (Å²) in [5.74, 6) is -2.82. The number of halogens is 4. The minimum Gasteiger partial charge on any atom is -0.298 e. The molecule has 0 spiro atoms. The summed E-state index contributed by atoms with van der Waals surface area (Å²) in [7, 11) is 0. The molecule has 0 radical (unpaired) electrons. The maximum absolute atomic E-state index is 13.4. The van der Waals surface area contributed by atoms with Crippen molar-refractivity contribution in [3.8, 4) is 0 Å². The second kappa shape index (κ2) is 6.52. The van der Waals surface area contributed by atoms with Gasteiger partial charge < -0.3 is 0 Å². The maximum Gasteiger partial charge on any atom is 0.416 e. The number of thiocarbonyl (C=S) groups is 1. The Bertz CT molecular complexity index is 771. The van der Waals surface area contributed by atoms with Gasteiger partial charge in [-0.2, -0.15) is 13.2 Å². The summed E-state index contributed by atoms with van der Waals surface area (Å²) in [6.07, 6.45) is -2.51. The molecule has 0 bridgehead atoms. The summed E-state index contributed by atoms with van der Waals surface area (Å²) in [4.78, 5) is 25.1. The molecular formula is C15H10F4N2O2S. The first-order valence-electron chi connectivity index (χ1n) is 6.51. The number of alkyl halides is 3.